The molecule has 3 rings (SSSR count). The molecule has 1 aromatic carbocycles. The summed E-state index contributed by atoms with van der Waals surface area (Å²) in [5, 5.41) is 6.87. The van der Waals surface area contributed by atoms with E-state index < -0.39 is 6.61 Å². The summed E-state index contributed by atoms with van der Waals surface area (Å²) in [7, 11) is 0. The molecule has 0 aliphatic carbocycles. The fraction of sp³-hybridized carbons (Fsp3) is 0.294. The van der Waals surface area contributed by atoms with Gasteiger partial charge in [0.05, 0.1) is 5.69 Å². The average Bonchev–Trinajstić information content (AvgIpc) is 3.19. The molecule has 10 heteroatoms. The van der Waals surface area contributed by atoms with Gasteiger partial charge in [0.25, 0.3) is 0 Å². The van der Waals surface area contributed by atoms with Crippen molar-refractivity contribution >= 4 is 22.4 Å². The highest BCUT2D eigenvalue weighted by Crippen LogP contribution is 2.31. The van der Waals surface area contributed by atoms with E-state index in [-0.39, 0.29) is 18.1 Å². The largest absolute Gasteiger partial charge is 0.435 e. The van der Waals surface area contributed by atoms with Crippen molar-refractivity contribution in [1.82, 2.24) is 15.1 Å². The van der Waals surface area contributed by atoms with Crippen LogP contribution in [0.25, 0.3) is 11.3 Å². The Balaban J connectivity index is 1.62. The van der Waals surface area contributed by atoms with Gasteiger partial charge in [0, 0.05) is 23.3 Å². The summed E-state index contributed by atoms with van der Waals surface area (Å²) in [5.41, 5.74) is 1.42. The number of rotatable bonds is 7. The van der Waals surface area contributed by atoms with Crippen LogP contribution in [0.4, 0.5) is 13.9 Å². The van der Waals surface area contributed by atoms with Gasteiger partial charge in [-0.15, -0.1) is 11.3 Å². The summed E-state index contributed by atoms with van der Waals surface area (Å²) < 4.78 is 33.7. The van der Waals surface area contributed by atoms with Gasteiger partial charge in [0.2, 0.25) is 11.8 Å². The zero-order valence-corrected chi connectivity index (χ0v) is 15.3. The summed E-state index contributed by atoms with van der Waals surface area (Å²) in [4.78, 5) is 21.4. The maximum absolute atomic E-state index is 12.2. The summed E-state index contributed by atoms with van der Waals surface area (Å²) in [6, 6.07) is 6.18. The molecule has 0 saturated heterocycles. The van der Waals surface area contributed by atoms with Gasteiger partial charge in [-0.3, -0.25) is 4.79 Å². The first-order valence-corrected chi connectivity index (χ1v) is 8.84. The number of ether oxygens (including phenoxy) is 1. The Labute approximate surface area is 157 Å². The van der Waals surface area contributed by atoms with E-state index in [2.05, 4.69) is 25.2 Å². The van der Waals surface area contributed by atoms with Gasteiger partial charge in [-0.25, -0.2) is 4.98 Å². The number of alkyl halides is 2. The number of carbonyl (C=O) groups excluding carboxylic acids is 1. The number of nitrogens with zero attached hydrogens (tertiary/aromatic N) is 3. The number of amides is 1. The number of thiazole rings is 1. The van der Waals surface area contributed by atoms with Gasteiger partial charge >= 0.3 is 6.61 Å². The normalized spacial score (nSPS) is 11.0. The lowest BCUT2D eigenvalue weighted by atomic mass is 10.1. The predicted octanol–water partition coefficient (Wildman–Crippen LogP) is 3.98. The Hall–Kier alpha value is -2.88. The van der Waals surface area contributed by atoms with Gasteiger partial charge in [0.1, 0.15) is 5.75 Å². The maximum atomic E-state index is 12.2. The molecule has 0 saturated carbocycles. The Bertz CT molecular complexity index is 925. The zero-order valence-electron chi connectivity index (χ0n) is 14.5. The lowest BCUT2D eigenvalue weighted by Crippen LogP contribution is -2.12. The van der Waals surface area contributed by atoms with Crippen molar-refractivity contribution in [3.63, 3.8) is 0 Å². The molecule has 0 aliphatic rings. The third-order valence-electron chi connectivity index (χ3n) is 3.53. The first-order chi connectivity index (χ1) is 12.9. The monoisotopic (exact) mass is 394 g/mol. The Morgan fingerprint density at radius 1 is 1.26 bits per heavy atom. The molecule has 7 nitrogen and oxygen atoms in total. The third kappa shape index (κ3) is 5.07. The number of benzene rings is 1. The first kappa shape index (κ1) is 18.9. The number of hydrogen-bond donors (Lipinski definition) is 1. The molecule has 1 amide bonds. The van der Waals surface area contributed by atoms with Crippen molar-refractivity contribution in [1.29, 1.82) is 0 Å². The smallest absolute Gasteiger partial charge is 0.387 e. The second kappa shape index (κ2) is 8.21. The van der Waals surface area contributed by atoms with E-state index in [4.69, 9.17) is 4.52 Å². The van der Waals surface area contributed by atoms with Gasteiger partial charge < -0.3 is 14.6 Å². The van der Waals surface area contributed by atoms with Crippen LogP contribution in [0, 0.1) is 13.8 Å². The number of aromatic nitrogens is 3. The minimum atomic E-state index is -2.87. The van der Waals surface area contributed by atoms with Crippen LogP contribution in [-0.4, -0.2) is 27.6 Å². The number of nitrogens with one attached hydrogen (secondary N) is 1. The molecule has 1 N–H and O–H groups in total. The molecule has 0 radical (unpaired) electrons. The molecular weight excluding hydrogens is 378 g/mol. The van der Waals surface area contributed by atoms with Crippen molar-refractivity contribution in [3.8, 4) is 17.0 Å². The van der Waals surface area contributed by atoms with Crippen molar-refractivity contribution in [2.75, 3.05) is 5.32 Å². The van der Waals surface area contributed by atoms with Crippen LogP contribution >= 0.6 is 11.3 Å². The fourth-order valence-electron chi connectivity index (χ4n) is 2.36. The first-order valence-electron chi connectivity index (χ1n) is 8.02. The number of anilines is 1. The number of carbonyl (C=O) groups is 1. The van der Waals surface area contributed by atoms with Gasteiger partial charge in [0.15, 0.2) is 11.0 Å². The molecule has 0 atom stereocenters. The summed E-state index contributed by atoms with van der Waals surface area (Å²) in [5.74, 6) is 0.790. The van der Waals surface area contributed by atoms with Crippen molar-refractivity contribution in [3.05, 3.63) is 40.9 Å². The van der Waals surface area contributed by atoms with E-state index >= 15 is 0 Å². The van der Waals surface area contributed by atoms with Crippen molar-refractivity contribution < 1.29 is 22.8 Å². The highest BCUT2D eigenvalue weighted by Gasteiger charge is 2.14. The van der Waals surface area contributed by atoms with E-state index in [1.54, 1.807) is 19.1 Å². The van der Waals surface area contributed by atoms with Crippen LogP contribution in [0.15, 0.2) is 28.8 Å². The number of aryl methyl sites for hydroxylation is 3. The molecule has 0 fully saturated rings. The second-order valence-electron chi connectivity index (χ2n) is 5.61. The van der Waals surface area contributed by atoms with Crippen LogP contribution < -0.4 is 10.1 Å². The van der Waals surface area contributed by atoms with E-state index in [0.717, 1.165) is 10.4 Å². The van der Waals surface area contributed by atoms with Crippen LogP contribution in [0.2, 0.25) is 0 Å². The van der Waals surface area contributed by atoms with Crippen LogP contribution in [0.3, 0.4) is 0 Å². The number of halogens is 2. The summed E-state index contributed by atoms with van der Waals surface area (Å²) >= 11 is 1.33. The molecule has 0 spiro atoms. The van der Waals surface area contributed by atoms with Gasteiger partial charge in [-0.05, 0) is 38.1 Å². The Kier molecular flexibility index (Phi) is 5.75. The summed E-state index contributed by atoms with van der Waals surface area (Å²) in [6.45, 7) is 0.710. The van der Waals surface area contributed by atoms with Gasteiger partial charge in [-0.2, -0.15) is 13.8 Å². The molecule has 3 aromatic rings. The molecule has 2 aromatic heterocycles. The summed E-state index contributed by atoms with van der Waals surface area (Å²) in [6.07, 6.45) is 0.532. The molecule has 142 valence electrons. The topological polar surface area (TPSA) is 90.1 Å². The fourth-order valence-corrected chi connectivity index (χ4v) is 3.21. The van der Waals surface area contributed by atoms with Crippen molar-refractivity contribution in [2.24, 2.45) is 0 Å². The second-order valence-corrected chi connectivity index (χ2v) is 6.81. The average molecular weight is 394 g/mol. The Morgan fingerprint density at radius 2 is 2.00 bits per heavy atom. The minimum absolute atomic E-state index is 0.0754. The standard InChI is InChI=1S/C17H16F2N4O3S/c1-9-15(11-3-5-12(6-4-11)25-16(18)19)22-17(27-9)21-13(24)7-8-14-20-10(2)23-26-14/h3-6,16H,7-8H2,1-2H3,(H,21,22,24). The number of hydrogen-bond acceptors (Lipinski definition) is 7. The lowest BCUT2D eigenvalue weighted by molar-refractivity contribution is -0.116. The minimum Gasteiger partial charge on any atom is -0.435 e. The lowest BCUT2D eigenvalue weighted by Gasteiger charge is -2.05. The zero-order chi connectivity index (χ0) is 19.4. The SMILES string of the molecule is Cc1noc(CCC(=O)Nc2nc(-c3ccc(OC(F)F)cc3)c(C)s2)n1. The van der Waals surface area contributed by atoms with Crippen LogP contribution in [0.1, 0.15) is 23.0 Å². The highest BCUT2D eigenvalue weighted by molar-refractivity contribution is 7.16. The van der Waals surface area contributed by atoms with Gasteiger partial charge in [-0.1, -0.05) is 5.16 Å². The van der Waals surface area contributed by atoms with Crippen LogP contribution in [0.5, 0.6) is 5.75 Å². The molecule has 0 aliphatic heterocycles. The third-order valence-corrected chi connectivity index (χ3v) is 4.42. The van der Waals surface area contributed by atoms with E-state index in [1.165, 1.54) is 23.5 Å². The molecular formula is C17H16F2N4O3S. The molecule has 0 unspecified atom stereocenters. The van der Waals surface area contributed by atoms with E-state index in [0.29, 0.717) is 29.0 Å². The van der Waals surface area contributed by atoms with Crippen LogP contribution in [-0.2, 0) is 11.2 Å². The maximum Gasteiger partial charge on any atom is 0.387 e. The molecule has 27 heavy (non-hydrogen) atoms. The molecule has 0 bridgehead atoms. The quantitative estimate of drug-likeness (QED) is 0.652. The van der Waals surface area contributed by atoms with Crippen molar-refractivity contribution in [2.45, 2.75) is 33.3 Å². The predicted molar refractivity (Wildman–Crippen MR) is 94.9 cm³/mol. The van der Waals surface area contributed by atoms with E-state index in [9.17, 15) is 13.6 Å². The van der Waals surface area contributed by atoms with E-state index in [1.807, 2.05) is 6.92 Å². The Morgan fingerprint density at radius 3 is 2.63 bits per heavy atom. The highest BCUT2D eigenvalue weighted by atomic mass is 32.1. The molecule has 2 heterocycles.